The first-order chi connectivity index (χ1) is 5.11. The second kappa shape index (κ2) is 5.09. The number of carbonyl (C=O) groups excluding carboxylic acids is 1. The molecule has 0 spiro atoms. The van der Waals surface area contributed by atoms with Crippen LogP contribution in [0.2, 0.25) is 0 Å². The molecule has 2 unspecified atom stereocenters. The minimum absolute atomic E-state index is 0.255. The molecule has 1 amide bonds. The molecule has 4 nitrogen and oxygen atoms in total. The number of hydrogen-bond donors (Lipinski definition) is 3. The molecule has 0 aliphatic carbocycles. The Morgan fingerprint density at radius 1 is 1.64 bits per heavy atom. The van der Waals surface area contributed by atoms with E-state index in [0.717, 1.165) is 0 Å². The lowest BCUT2D eigenvalue weighted by Crippen LogP contribution is -2.42. The van der Waals surface area contributed by atoms with Gasteiger partial charge in [0.15, 0.2) is 0 Å². The van der Waals surface area contributed by atoms with Crippen molar-refractivity contribution in [2.75, 3.05) is 6.61 Å². The lowest BCUT2D eigenvalue weighted by Gasteiger charge is -2.18. The molecule has 0 rings (SSSR count). The summed E-state index contributed by atoms with van der Waals surface area (Å²) < 4.78 is 0. The van der Waals surface area contributed by atoms with Crippen LogP contribution in [0.3, 0.4) is 0 Å². The van der Waals surface area contributed by atoms with Crippen molar-refractivity contribution in [3.8, 4) is 0 Å². The van der Waals surface area contributed by atoms with Gasteiger partial charge in [0.05, 0.1) is 12.1 Å². The van der Waals surface area contributed by atoms with Gasteiger partial charge in [0.25, 0.3) is 0 Å². The van der Waals surface area contributed by atoms with Crippen molar-refractivity contribution in [2.24, 2.45) is 0 Å². The minimum atomic E-state index is -0.574. The van der Waals surface area contributed by atoms with Crippen LogP contribution in [0.1, 0.15) is 20.3 Å². The molecular formula is C7H15NO3. The van der Waals surface area contributed by atoms with Gasteiger partial charge >= 0.3 is 0 Å². The van der Waals surface area contributed by atoms with Crippen molar-refractivity contribution in [2.45, 2.75) is 32.4 Å². The van der Waals surface area contributed by atoms with E-state index in [1.807, 2.05) is 6.92 Å². The highest BCUT2D eigenvalue weighted by Crippen LogP contribution is 1.96. The molecule has 0 aromatic carbocycles. The number of aliphatic hydroxyl groups is 2. The summed E-state index contributed by atoms with van der Waals surface area (Å²) in [6.07, 6.45) is 0.0825. The molecule has 2 atom stereocenters. The first kappa shape index (κ1) is 10.4. The number of hydrogen-bond acceptors (Lipinski definition) is 3. The topological polar surface area (TPSA) is 69.6 Å². The first-order valence-corrected chi connectivity index (χ1v) is 3.70. The zero-order chi connectivity index (χ0) is 8.85. The Bertz CT molecular complexity index is 125. The van der Waals surface area contributed by atoms with Gasteiger partial charge in [0.1, 0.15) is 6.61 Å². The van der Waals surface area contributed by atoms with E-state index in [0.29, 0.717) is 6.42 Å². The van der Waals surface area contributed by atoms with Crippen molar-refractivity contribution in [1.82, 2.24) is 5.32 Å². The van der Waals surface area contributed by atoms with Crippen molar-refractivity contribution < 1.29 is 15.0 Å². The minimum Gasteiger partial charge on any atom is -0.391 e. The molecule has 0 radical (unpaired) electrons. The van der Waals surface area contributed by atoms with Gasteiger partial charge in [-0.25, -0.2) is 0 Å². The molecule has 0 bridgehead atoms. The van der Waals surface area contributed by atoms with Gasteiger partial charge in [0, 0.05) is 0 Å². The zero-order valence-corrected chi connectivity index (χ0v) is 6.87. The Morgan fingerprint density at radius 2 is 2.18 bits per heavy atom. The highest BCUT2D eigenvalue weighted by molar-refractivity contribution is 5.77. The summed E-state index contributed by atoms with van der Waals surface area (Å²) in [7, 11) is 0. The van der Waals surface area contributed by atoms with E-state index >= 15 is 0 Å². The van der Waals surface area contributed by atoms with Crippen molar-refractivity contribution in [1.29, 1.82) is 0 Å². The number of rotatable bonds is 4. The molecule has 0 fully saturated rings. The van der Waals surface area contributed by atoms with Gasteiger partial charge in [-0.15, -0.1) is 0 Å². The summed E-state index contributed by atoms with van der Waals surface area (Å²) in [5, 5.41) is 19.9. The third kappa shape index (κ3) is 3.95. The van der Waals surface area contributed by atoms with Crippen LogP contribution >= 0.6 is 0 Å². The Hall–Kier alpha value is -0.610. The standard InChI is InChI=1S/C7H15NO3/c1-3-6(5(2)10)8-7(11)4-9/h5-6,9-10H,3-4H2,1-2H3,(H,8,11). The fraction of sp³-hybridized carbons (Fsp3) is 0.857. The third-order valence-corrected chi connectivity index (χ3v) is 1.51. The van der Waals surface area contributed by atoms with Gasteiger partial charge in [-0.3, -0.25) is 4.79 Å². The van der Waals surface area contributed by atoms with E-state index in [9.17, 15) is 4.79 Å². The average Bonchev–Trinajstić information content (AvgIpc) is 1.99. The highest BCUT2D eigenvalue weighted by atomic mass is 16.3. The maximum atomic E-state index is 10.6. The Labute approximate surface area is 66.2 Å². The van der Waals surface area contributed by atoms with Crippen LogP contribution in [0.25, 0.3) is 0 Å². The van der Waals surface area contributed by atoms with Gasteiger partial charge in [-0.2, -0.15) is 0 Å². The smallest absolute Gasteiger partial charge is 0.246 e. The second-order valence-electron chi connectivity index (χ2n) is 2.48. The van der Waals surface area contributed by atoms with E-state index < -0.39 is 18.6 Å². The molecule has 0 heterocycles. The number of aliphatic hydroxyl groups excluding tert-OH is 2. The molecule has 0 saturated carbocycles. The normalized spacial score (nSPS) is 15.6. The van der Waals surface area contributed by atoms with Crippen molar-refractivity contribution in [3.05, 3.63) is 0 Å². The van der Waals surface area contributed by atoms with E-state index in [1.54, 1.807) is 6.92 Å². The largest absolute Gasteiger partial charge is 0.391 e. The van der Waals surface area contributed by atoms with Crippen LogP contribution in [0.4, 0.5) is 0 Å². The monoisotopic (exact) mass is 161 g/mol. The summed E-state index contributed by atoms with van der Waals surface area (Å²) in [5.74, 6) is -0.447. The number of nitrogens with one attached hydrogen (secondary N) is 1. The Morgan fingerprint density at radius 3 is 2.45 bits per heavy atom. The van der Waals surface area contributed by atoms with Gasteiger partial charge in [-0.1, -0.05) is 6.92 Å². The van der Waals surface area contributed by atoms with Crippen molar-refractivity contribution in [3.63, 3.8) is 0 Å². The Balaban J connectivity index is 3.78. The molecule has 66 valence electrons. The first-order valence-electron chi connectivity index (χ1n) is 3.70. The van der Waals surface area contributed by atoms with Crippen LogP contribution in [-0.4, -0.2) is 34.9 Å². The van der Waals surface area contributed by atoms with Gasteiger partial charge in [0.2, 0.25) is 5.91 Å². The number of carbonyl (C=O) groups is 1. The maximum Gasteiger partial charge on any atom is 0.246 e. The fourth-order valence-electron chi connectivity index (χ4n) is 0.816. The van der Waals surface area contributed by atoms with Crippen LogP contribution in [0.15, 0.2) is 0 Å². The highest BCUT2D eigenvalue weighted by Gasteiger charge is 2.13. The van der Waals surface area contributed by atoms with E-state index in [4.69, 9.17) is 10.2 Å². The molecular weight excluding hydrogens is 146 g/mol. The molecule has 0 aliphatic heterocycles. The third-order valence-electron chi connectivity index (χ3n) is 1.51. The number of amides is 1. The predicted octanol–water partition coefficient (Wildman–Crippen LogP) is -0.746. The van der Waals surface area contributed by atoms with Gasteiger partial charge < -0.3 is 15.5 Å². The summed E-state index contributed by atoms with van der Waals surface area (Å²) in [6, 6.07) is -0.255. The summed E-state index contributed by atoms with van der Waals surface area (Å²) in [6.45, 7) is 2.93. The summed E-state index contributed by atoms with van der Waals surface area (Å²) in [5.41, 5.74) is 0. The van der Waals surface area contributed by atoms with Crippen LogP contribution in [-0.2, 0) is 4.79 Å². The van der Waals surface area contributed by atoms with Gasteiger partial charge in [-0.05, 0) is 13.3 Å². The van der Waals surface area contributed by atoms with Crippen LogP contribution in [0, 0.1) is 0 Å². The predicted molar refractivity (Wildman–Crippen MR) is 41.0 cm³/mol. The van der Waals surface area contributed by atoms with E-state index in [-0.39, 0.29) is 6.04 Å². The Kier molecular flexibility index (Phi) is 4.81. The molecule has 11 heavy (non-hydrogen) atoms. The SMILES string of the molecule is CCC(NC(=O)CO)C(C)O. The molecule has 0 saturated heterocycles. The fourth-order valence-corrected chi connectivity index (χ4v) is 0.816. The lowest BCUT2D eigenvalue weighted by atomic mass is 10.1. The quantitative estimate of drug-likeness (QED) is 0.508. The van der Waals surface area contributed by atoms with Crippen molar-refractivity contribution >= 4 is 5.91 Å². The van der Waals surface area contributed by atoms with Crippen LogP contribution < -0.4 is 5.32 Å². The molecule has 0 aliphatic rings. The zero-order valence-electron chi connectivity index (χ0n) is 6.87. The molecule has 0 aromatic heterocycles. The van der Waals surface area contributed by atoms with E-state index in [2.05, 4.69) is 5.32 Å². The second-order valence-corrected chi connectivity index (χ2v) is 2.48. The summed E-state index contributed by atoms with van der Waals surface area (Å²) in [4.78, 5) is 10.6. The maximum absolute atomic E-state index is 10.6. The van der Waals surface area contributed by atoms with E-state index in [1.165, 1.54) is 0 Å². The molecule has 3 N–H and O–H groups in total. The molecule has 4 heteroatoms. The molecule has 0 aromatic rings. The average molecular weight is 161 g/mol. The lowest BCUT2D eigenvalue weighted by molar-refractivity contribution is -0.125. The summed E-state index contributed by atoms with van der Waals surface area (Å²) >= 11 is 0. The van der Waals surface area contributed by atoms with Crippen LogP contribution in [0.5, 0.6) is 0 Å².